The van der Waals surface area contributed by atoms with E-state index in [0.717, 1.165) is 11.4 Å². The third-order valence-electron chi connectivity index (χ3n) is 4.34. The van der Waals surface area contributed by atoms with Gasteiger partial charge in [-0.25, -0.2) is 4.79 Å². The highest BCUT2D eigenvalue weighted by Crippen LogP contribution is 2.34. The highest BCUT2D eigenvalue weighted by Gasteiger charge is 2.21. The van der Waals surface area contributed by atoms with Gasteiger partial charge in [0.2, 0.25) is 5.78 Å². The van der Waals surface area contributed by atoms with Crippen molar-refractivity contribution in [2.24, 2.45) is 7.05 Å². The smallest absolute Gasteiger partial charge is 0.342 e. The fraction of sp³-hybridized carbons (Fsp3) is 0.368. The summed E-state index contributed by atoms with van der Waals surface area (Å²) in [5.41, 5.74) is 2.47. The maximum Gasteiger partial charge on any atom is 0.342 e. The third kappa shape index (κ3) is 3.66. The lowest BCUT2D eigenvalue weighted by atomic mass is 10.1. The molecule has 0 spiro atoms. The van der Waals surface area contributed by atoms with Crippen LogP contribution < -0.4 is 14.2 Å². The minimum absolute atomic E-state index is 0.152. The number of hydrogen-bond acceptors (Lipinski definition) is 6. The van der Waals surface area contributed by atoms with Crippen LogP contribution in [0, 0.1) is 13.8 Å². The number of benzene rings is 1. The van der Waals surface area contributed by atoms with Crippen LogP contribution >= 0.6 is 0 Å². The molecule has 0 saturated carbocycles. The third-order valence-corrected chi connectivity index (χ3v) is 4.34. The van der Waals surface area contributed by atoms with Gasteiger partial charge in [0.1, 0.15) is 11.3 Å². The van der Waals surface area contributed by atoms with Gasteiger partial charge < -0.3 is 23.5 Å². The van der Waals surface area contributed by atoms with Gasteiger partial charge in [0, 0.05) is 36.1 Å². The van der Waals surface area contributed by atoms with Crippen molar-refractivity contribution < 1.29 is 28.5 Å². The SMILES string of the molecule is COc1cc(OC)c(C(=O)OCC(=O)c2cc(C)n(C)c2C)cc1OC. The van der Waals surface area contributed by atoms with E-state index in [1.807, 2.05) is 25.5 Å². The van der Waals surface area contributed by atoms with Crippen molar-refractivity contribution in [1.82, 2.24) is 4.57 Å². The molecule has 0 aliphatic heterocycles. The van der Waals surface area contributed by atoms with Crippen LogP contribution in [0.15, 0.2) is 18.2 Å². The summed E-state index contributed by atoms with van der Waals surface area (Å²) in [5.74, 6) is 0.112. The van der Waals surface area contributed by atoms with E-state index < -0.39 is 5.97 Å². The van der Waals surface area contributed by atoms with Gasteiger partial charge in [-0.2, -0.15) is 0 Å². The number of methoxy groups -OCH3 is 3. The summed E-state index contributed by atoms with van der Waals surface area (Å²) in [7, 11) is 6.25. The van der Waals surface area contributed by atoms with Gasteiger partial charge in [0.15, 0.2) is 18.1 Å². The number of ketones is 1. The van der Waals surface area contributed by atoms with Gasteiger partial charge >= 0.3 is 5.97 Å². The zero-order valence-corrected chi connectivity index (χ0v) is 15.8. The fourth-order valence-corrected chi connectivity index (χ4v) is 2.61. The maximum absolute atomic E-state index is 12.4. The quantitative estimate of drug-likeness (QED) is 0.557. The first-order valence-electron chi connectivity index (χ1n) is 7.97. The predicted molar refractivity (Wildman–Crippen MR) is 95.6 cm³/mol. The summed E-state index contributed by atoms with van der Waals surface area (Å²) in [4.78, 5) is 24.8. The molecule has 0 aliphatic rings. The van der Waals surface area contributed by atoms with Crippen LogP contribution in [0.3, 0.4) is 0 Å². The van der Waals surface area contributed by atoms with Crippen LogP contribution in [0.5, 0.6) is 17.2 Å². The number of aromatic nitrogens is 1. The van der Waals surface area contributed by atoms with Crippen molar-refractivity contribution in [1.29, 1.82) is 0 Å². The molecule has 26 heavy (non-hydrogen) atoms. The summed E-state index contributed by atoms with van der Waals surface area (Å²) in [6, 6.07) is 4.77. The molecule has 7 heteroatoms. The van der Waals surface area contributed by atoms with Crippen LogP contribution in [-0.4, -0.2) is 44.3 Å². The van der Waals surface area contributed by atoms with E-state index in [2.05, 4.69) is 0 Å². The average Bonchev–Trinajstić information content (AvgIpc) is 2.91. The number of hydrogen-bond donors (Lipinski definition) is 0. The van der Waals surface area contributed by atoms with E-state index >= 15 is 0 Å². The summed E-state index contributed by atoms with van der Waals surface area (Å²) < 4.78 is 22.7. The lowest BCUT2D eigenvalue weighted by Crippen LogP contribution is -2.15. The van der Waals surface area contributed by atoms with Crippen molar-refractivity contribution in [3.05, 3.63) is 40.7 Å². The molecule has 2 aromatic rings. The molecule has 1 aromatic carbocycles. The van der Waals surface area contributed by atoms with Gasteiger partial charge in [0.25, 0.3) is 0 Å². The van der Waals surface area contributed by atoms with Gasteiger partial charge in [-0.05, 0) is 19.9 Å². The Hall–Kier alpha value is -2.96. The Kier molecular flexibility index (Phi) is 5.92. The normalized spacial score (nSPS) is 10.4. The number of carbonyl (C=O) groups is 2. The second-order valence-corrected chi connectivity index (χ2v) is 5.75. The number of aryl methyl sites for hydroxylation is 1. The predicted octanol–water partition coefficient (Wildman–Crippen LogP) is 2.71. The second kappa shape index (κ2) is 7.95. The van der Waals surface area contributed by atoms with E-state index in [9.17, 15) is 9.59 Å². The van der Waals surface area contributed by atoms with Crippen LogP contribution in [0.4, 0.5) is 0 Å². The Bertz CT molecular complexity index is 837. The van der Waals surface area contributed by atoms with E-state index in [1.165, 1.54) is 33.5 Å². The Balaban J connectivity index is 2.19. The van der Waals surface area contributed by atoms with Gasteiger partial charge in [-0.15, -0.1) is 0 Å². The van der Waals surface area contributed by atoms with Crippen molar-refractivity contribution in [3.8, 4) is 17.2 Å². The largest absolute Gasteiger partial charge is 0.496 e. The molecule has 7 nitrogen and oxygen atoms in total. The highest BCUT2D eigenvalue weighted by molar-refractivity contribution is 6.01. The lowest BCUT2D eigenvalue weighted by Gasteiger charge is -2.13. The first-order valence-corrected chi connectivity index (χ1v) is 7.97. The summed E-state index contributed by atoms with van der Waals surface area (Å²) in [6.45, 7) is 3.39. The van der Waals surface area contributed by atoms with Crippen LogP contribution in [0.25, 0.3) is 0 Å². The molecule has 140 valence electrons. The lowest BCUT2D eigenvalue weighted by molar-refractivity contribution is 0.0471. The van der Waals surface area contributed by atoms with Crippen LogP contribution in [0.2, 0.25) is 0 Å². The Morgan fingerprint density at radius 1 is 0.885 bits per heavy atom. The standard InChI is InChI=1S/C19H23NO6/c1-11-7-13(12(2)20(11)3)15(21)10-26-19(22)14-8-17(24-5)18(25-6)9-16(14)23-4/h7-9H,10H2,1-6H3. The van der Waals surface area contributed by atoms with E-state index in [-0.39, 0.29) is 23.7 Å². The highest BCUT2D eigenvalue weighted by atomic mass is 16.5. The molecule has 1 heterocycles. The van der Waals surface area contributed by atoms with Crippen LogP contribution in [0.1, 0.15) is 32.1 Å². The first kappa shape index (κ1) is 19.4. The molecule has 0 atom stereocenters. The molecular weight excluding hydrogens is 338 g/mol. The number of Topliss-reactive ketones (excluding diaryl/α,β-unsaturated/α-hetero) is 1. The minimum atomic E-state index is -0.679. The molecule has 0 N–H and O–H groups in total. The van der Waals surface area contributed by atoms with Crippen molar-refractivity contribution >= 4 is 11.8 Å². The average molecular weight is 361 g/mol. The van der Waals surface area contributed by atoms with Crippen LogP contribution in [-0.2, 0) is 11.8 Å². The summed E-state index contributed by atoms with van der Waals surface area (Å²) >= 11 is 0. The number of carbonyl (C=O) groups excluding carboxylic acids is 2. The molecular formula is C19H23NO6. The Morgan fingerprint density at radius 3 is 1.96 bits per heavy atom. The zero-order chi connectivity index (χ0) is 19.4. The molecule has 2 rings (SSSR count). The molecule has 0 unspecified atom stereocenters. The molecule has 1 aromatic heterocycles. The summed E-state index contributed by atoms with van der Waals surface area (Å²) in [6.07, 6.45) is 0. The van der Waals surface area contributed by atoms with Gasteiger partial charge in [-0.3, -0.25) is 4.79 Å². The van der Waals surface area contributed by atoms with Crippen molar-refractivity contribution in [3.63, 3.8) is 0 Å². The first-order chi connectivity index (χ1) is 12.3. The van der Waals surface area contributed by atoms with E-state index in [4.69, 9.17) is 18.9 Å². The second-order valence-electron chi connectivity index (χ2n) is 5.75. The molecule has 0 radical (unpaired) electrons. The minimum Gasteiger partial charge on any atom is -0.496 e. The Labute approximate surface area is 152 Å². The summed E-state index contributed by atoms with van der Waals surface area (Å²) in [5, 5.41) is 0. The number of ether oxygens (including phenoxy) is 4. The fourth-order valence-electron chi connectivity index (χ4n) is 2.61. The molecule has 0 saturated heterocycles. The molecule has 0 amide bonds. The number of rotatable bonds is 7. The van der Waals surface area contributed by atoms with E-state index in [1.54, 1.807) is 6.07 Å². The Morgan fingerprint density at radius 2 is 1.46 bits per heavy atom. The molecule has 0 fully saturated rings. The molecule has 0 aliphatic carbocycles. The van der Waals surface area contributed by atoms with Gasteiger partial charge in [-0.1, -0.05) is 0 Å². The number of nitrogens with zero attached hydrogens (tertiary/aromatic N) is 1. The van der Waals surface area contributed by atoms with Gasteiger partial charge in [0.05, 0.1) is 21.3 Å². The maximum atomic E-state index is 12.4. The topological polar surface area (TPSA) is 76.0 Å². The van der Waals surface area contributed by atoms with Crippen molar-refractivity contribution in [2.45, 2.75) is 13.8 Å². The van der Waals surface area contributed by atoms with E-state index in [0.29, 0.717) is 17.1 Å². The monoisotopic (exact) mass is 361 g/mol. The van der Waals surface area contributed by atoms with Crippen molar-refractivity contribution in [2.75, 3.05) is 27.9 Å². The number of esters is 1. The zero-order valence-electron chi connectivity index (χ0n) is 15.8. The molecule has 0 bridgehead atoms.